The van der Waals surface area contributed by atoms with Crippen LogP contribution in [0.2, 0.25) is 0 Å². The number of methoxy groups -OCH3 is 1. The van der Waals surface area contributed by atoms with Gasteiger partial charge in [-0.05, 0) is 18.6 Å². The second kappa shape index (κ2) is 4.89. The predicted octanol–water partition coefficient (Wildman–Crippen LogP) is 1.09. The molecule has 2 heterocycles. The maximum absolute atomic E-state index is 12.6. The third-order valence-corrected chi connectivity index (χ3v) is 4.64. The smallest absolute Gasteiger partial charge is 0.374 e. The number of sulfonamides is 1. The van der Waals surface area contributed by atoms with E-state index in [1.807, 2.05) is 0 Å². The van der Waals surface area contributed by atoms with Crippen LogP contribution in [0, 0.1) is 0 Å². The molecule has 0 aromatic carbocycles. The van der Waals surface area contributed by atoms with Crippen molar-refractivity contribution in [1.29, 1.82) is 0 Å². The summed E-state index contributed by atoms with van der Waals surface area (Å²) in [5, 5.41) is -0.543. The van der Waals surface area contributed by atoms with Gasteiger partial charge in [0.1, 0.15) is 0 Å². The van der Waals surface area contributed by atoms with Crippen LogP contribution in [0.15, 0.2) is 21.6 Å². The largest absolute Gasteiger partial charge is 0.463 e. The highest BCUT2D eigenvalue weighted by molar-refractivity contribution is 7.89. The molecule has 0 amide bonds. The van der Waals surface area contributed by atoms with Gasteiger partial charge in [0.05, 0.1) is 13.2 Å². The van der Waals surface area contributed by atoms with Gasteiger partial charge in [-0.1, -0.05) is 0 Å². The highest BCUT2D eigenvalue weighted by Crippen LogP contribution is 2.31. The molecular weight excluding hydrogens is 284 g/mol. The second-order valence-electron chi connectivity index (χ2n) is 3.92. The summed E-state index contributed by atoms with van der Waals surface area (Å²) < 4.78 is 59.0. The van der Waals surface area contributed by atoms with Gasteiger partial charge in [-0.15, -0.1) is 0 Å². The van der Waals surface area contributed by atoms with Crippen molar-refractivity contribution in [1.82, 2.24) is 4.31 Å². The number of furan rings is 1. The Hall–Kier alpha value is -1.48. The number of hydrogen-bond donors (Lipinski definition) is 0. The summed E-state index contributed by atoms with van der Waals surface area (Å²) in [7, 11) is -3.03. The van der Waals surface area contributed by atoms with E-state index in [-0.39, 0.29) is 18.7 Å². The third-order valence-electron chi connectivity index (χ3n) is 2.84. The van der Waals surface area contributed by atoms with E-state index in [2.05, 4.69) is 4.74 Å². The molecule has 0 saturated carbocycles. The average molecular weight is 295 g/mol. The number of alkyl halides is 2. The Morgan fingerprint density at radius 2 is 2.21 bits per heavy atom. The quantitative estimate of drug-likeness (QED) is 0.777. The highest BCUT2D eigenvalue weighted by Gasteiger charge is 2.45. The van der Waals surface area contributed by atoms with Crippen molar-refractivity contribution in [3.05, 3.63) is 17.9 Å². The summed E-state index contributed by atoms with van der Waals surface area (Å²) in [5.41, 5.74) is 0. The van der Waals surface area contributed by atoms with Gasteiger partial charge >= 0.3 is 5.97 Å². The first-order valence-electron chi connectivity index (χ1n) is 5.36. The zero-order valence-electron chi connectivity index (χ0n) is 9.88. The van der Waals surface area contributed by atoms with Gasteiger partial charge in [-0.25, -0.2) is 22.0 Å². The Kier molecular flexibility index (Phi) is 3.59. The predicted molar refractivity (Wildman–Crippen MR) is 58.3 cm³/mol. The van der Waals surface area contributed by atoms with Gasteiger partial charge in [-0.3, -0.25) is 0 Å². The molecule has 6 nitrogen and oxygen atoms in total. The number of nitrogens with zero attached hydrogens (tertiary/aromatic N) is 1. The molecule has 0 bridgehead atoms. The molecule has 2 rings (SSSR count). The molecule has 1 saturated heterocycles. The lowest BCUT2D eigenvalue weighted by atomic mass is 10.1. The monoisotopic (exact) mass is 295 g/mol. The van der Waals surface area contributed by atoms with Crippen LogP contribution in [0.4, 0.5) is 8.78 Å². The standard InChI is InChI=1S/C10H11F2NO5S/c1-17-10(14)7-2-3-8(18-7)19(15,16)13-5-4-6(13)9(11)12/h2-3,6,9H,4-5H2,1H3. The molecule has 0 radical (unpaired) electrons. The lowest BCUT2D eigenvalue weighted by Gasteiger charge is -2.38. The summed E-state index contributed by atoms with van der Waals surface area (Å²) in [6.45, 7) is 0.00555. The Morgan fingerprint density at radius 1 is 1.53 bits per heavy atom. The van der Waals surface area contributed by atoms with Gasteiger partial charge in [0, 0.05) is 6.54 Å². The van der Waals surface area contributed by atoms with Gasteiger partial charge < -0.3 is 9.15 Å². The summed E-state index contributed by atoms with van der Waals surface area (Å²) >= 11 is 0. The van der Waals surface area contributed by atoms with Crippen molar-refractivity contribution >= 4 is 16.0 Å². The zero-order chi connectivity index (χ0) is 14.2. The molecule has 19 heavy (non-hydrogen) atoms. The first-order valence-corrected chi connectivity index (χ1v) is 6.80. The third kappa shape index (κ3) is 2.35. The van der Waals surface area contributed by atoms with Gasteiger partial charge in [0.25, 0.3) is 16.4 Å². The van der Waals surface area contributed by atoms with Crippen molar-refractivity contribution in [2.75, 3.05) is 13.7 Å². The van der Waals surface area contributed by atoms with Crippen molar-refractivity contribution in [2.45, 2.75) is 24.0 Å². The van der Waals surface area contributed by atoms with Crippen LogP contribution >= 0.6 is 0 Å². The fourth-order valence-corrected chi connectivity index (χ4v) is 3.28. The van der Waals surface area contributed by atoms with Gasteiger partial charge in [-0.2, -0.15) is 4.31 Å². The van der Waals surface area contributed by atoms with E-state index in [0.717, 1.165) is 19.2 Å². The van der Waals surface area contributed by atoms with Crippen molar-refractivity contribution in [2.24, 2.45) is 0 Å². The van der Waals surface area contributed by atoms with Crippen LogP contribution in [-0.2, 0) is 14.8 Å². The van der Waals surface area contributed by atoms with Crippen LogP contribution in [0.5, 0.6) is 0 Å². The van der Waals surface area contributed by atoms with E-state index < -0.39 is 33.6 Å². The van der Waals surface area contributed by atoms with E-state index in [9.17, 15) is 22.0 Å². The van der Waals surface area contributed by atoms with Crippen LogP contribution in [-0.4, -0.2) is 44.8 Å². The molecule has 1 aliphatic rings. The van der Waals surface area contributed by atoms with Gasteiger partial charge in [0.15, 0.2) is 0 Å². The van der Waals surface area contributed by atoms with Crippen molar-refractivity contribution in [3.63, 3.8) is 0 Å². The topological polar surface area (TPSA) is 76.8 Å². The van der Waals surface area contributed by atoms with E-state index >= 15 is 0 Å². The minimum Gasteiger partial charge on any atom is -0.463 e. The minimum absolute atomic E-state index is 0.00555. The number of esters is 1. The lowest BCUT2D eigenvalue weighted by Crippen LogP contribution is -2.54. The van der Waals surface area contributed by atoms with Crippen LogP contribution in [0.1, 0.15) is 17.0 Å². The average Bonchev–Trinajstić information content (AvgIpc) is 2.74. The molecule has 0 aliphatic carbocycles. The maximum atomic E-state index is 12.6. The van der Waals surface area contributed by atoms with Gasteiger partial charge in [0.2, 0.25) is 10.9 Å². The Balaban J connectivity index is 2.25. The molecule has 1 aromatic heterocycles. The molecule has 1 aliphatic heterocycles. The molecule has 0 spiro atoms. The molecule has 0 N–H and O–H groups in total. The molecule has 106 valence electrons. The molecular formula is C10H11F2NO5S. The zero-order valence-corrected chi connectivity index (χ0v) is 10.7. The molecule has 1 aromatic rings. The van der Waals surface area contributed by atoms with Crippen molar-refractivity contribution < 1.29 is 31.1 Å². The van der Waals surface area contributed by atoms with Crippen molar-refractivity contribution in [3.8, 4) is 0 Å². The number of hydrogen-bond acceptors (Lipinski definition) is 5. The first kappa shape index (κ1) is 13.9. The molecule has 1 atom stereocenters. The summed E-state index contributed by atoms with van der Waals surface area (Å²) in [6.07, 6.45) is -2.65. The number of halogens is 2. The summed E-state index contributed by atoms with van der Waals surface area (Å²) in [5.74, 6) is -1.13. The Bertz CT molecular complexity index is 582. The number of carbonyl (C=O) groups is 1. The fourth-order valence-electron chi connectivity index (χ4n) is 1.72. The Labute approximate surface area is 108 Å². The number of ether oxygens (including phenoxy) is 1. The fraction of sp³-hybridized carbons (Fsp3) is 0.500. The Morgan fingerprint density at radius 3 is 2.68 bits per heavy atom. The summed E-state index contributed by atoms with van der Waals surface area (Å²) in [4.78, 5) is 11.1. The normalized spacial score (nSPS) is 20.3. The highest BCUT2D eigenvalue weighted by atomic mass is 32.2. The number of rotatable bonds is 4. The van der Waals surface area contributed by atoms with E-state index in [1.54, 1.807) is 0 Å². The maximum Gasteiger partial charge on any atom is 0.374 e. The SMILES string of the molecule is COC(=O)c1ccc(S(=O)(=O)N2CCC2C(F)F)o1. The number of carbonyl (C=O) groups excluding carboxylic acids is 1. The van der Waals surface area contributed by atoms with E-state index in [0.29, 0.717) is 4.31 Å². The summed E-state index contributed by atoms with van der Waals surface area (Å²) in [6, 6.07) is 0.829. The van der Waals surface area contributed by atoms with Crippen LogP contribution in [0.25, 0.3) is 0 Å². The van der Waals surface area contributed by atoms with E-state index in [1.165, 1.54) is 0 Å². The molecule has 1 fully saturated rings. The molecule has 9 heteroatoms. The van der Waals surface area contributed by atoms with Crippen LogP contribution < -0.4 is 0 Å². The lowest BCUT2D eigenvalue weighted by molar-refractivity contribution is 0.0133. The minimum atomic E-state index is -4.14. The van der Waals surface area contributed by atoms with Crippen LogP contribution in [0.3, 0.4) is 0 Å². The molecule has 1 unspecified atom stereocenters. The first-order chi connectivity index (χ1) is 8.87. The van der Waals surface area contributed by atoms with E-state index in [4.69, 9.17) is 4.42 Å². The second-order valence-corrected chi connectivity index (χ2v) is 5.74.